The van der Waals surface area contributed by atoms with Crippen molar-refractivity contribution in [3.05, 3.63) is 0 Å². The van der Waals surface area contributed by atoms with Gasteiger partial charge in [-0.05, 0) is 5.92 Å². The second kappa shape index (κ2) is 12.7. The molecule has 0 aromatic carbocycles. The van der Waals surface area contributed by atoms with E-state index in [1.807, 2.05) is 33.0 Å². The van der Waals surface area contributed by atoms with E-state index in [0.717, 1.165) is 0 Å². The molecule has 5 heteroatoms. The molecule has 5 nitrogen and oxygen atoms in total. The average Bonchev–Trinajstić information content (AvgIpc) is 2.19. The highest BCUT2D eigenvalue weighted by molar-refractivity contribution is 5.83. The topological polar surface area (TPSA) is 92.4 Å². The third kappa shape index (κ3) is 12.7. The molecule has 0 aromatic heterocycles. The Labute approximate surface area is 92.0 Å². The van der Waals surface area contributed by atoms with Crippen molar-refractivity contribution < 1.29 is 14.7 Å². The van der Waals surface area contributed by atoms with E-state index in [9.17, 15) is 9.59 Å². The first kappa shape index (κ1) is 19.3. The number of carboxylic acid groups (broad SMARTS) is 1. The van der Waals surface area contributed by atoms with Crippen LogP contribution >= 0.6 is 0 Å². The zero-order valence-corrected chi connectivity index (χ0v) is 10.5. The number of hydrogen-bond acceptors (Lipinski definition) is 2. The average molecular weight is 220 g/mol. The Bertz CT molecular complexity index is 170. The van der Waals surface area contributed by atoms with Crippen molar-refractivity contribution in [2.24, 2.45) is 11.7 Å². The quantitative estimate of drug-likeness (QED) is 0.677. The van der Waals surface area contributed by atoms with Gasteiger partial charge in [0.1, 0.15) is 6.04 Å². The van der Waals surface area contributed by atoms with Crippen molar-refractivity contribution in [3.8, 4) is 0 Å². The first-order valence-electron chi connectivity index (χ1n) is 5.24. The molecule has 92 valence electrons. The smallest absolute Gasteiger partial charge is 0.405 e. The van der Waals surface area contributed by atoms with Crippen molar-refractivity contribution in [2.45, 2.75) is 47.6 Å². The summed E-state index contributed by atoms with van der Waals surface area (Å²) in [5.41, 5.74) is 4.92. The van der Waals surface area contributed by atoms with E-state index in [1.54, 1.807) is 13.8 Å². The number of nitrogens with two attached hydrogens (primary N) is 1. The Morgan fingerprint density at radius 2 is 1.47 bits per heavy atom. The Morgan fingerprint density at radius 1 is 1.13 bits per heavy atom. The maximum atomic E-state index is 10.6. The molecule has 4 N–H and O–H groups in total. The monoisotopic (exact) mass is 220 g/mol. The molecule has 0 aliphatic carbocycles. The van der Waals surface area contributed by atoms with Crippen LogP contribution in [0.4, 0.5) is 4.79 Å². The molecular formula is C10H24N2O3. The molecule has 0 heterocycles. The molecule has 2 amide bonds. The van der Waals surface area contributed by atoms with Crippen LogP contribution in [0, 0.1) is 5.92 Å². The largest absolute Gasteiger partial charge is 0.465 e. The lowest BCUT2D eigenvalue weighted by Gasteiger charge is -2.16. The van der Waals surface area contributed by atoms with Gasteiger partial charge in [-0.25, -0.2) is 4.79 Å². The number of rotatable bonds is 3. The van der Waals surface area contributed by atoms with Gasteiger partial charge < -0.3 is 16.2 Å². The summed E-state index contributed by atoms with van der Waals surface area (Å²) >= 11 is 0. The van der Waals surface area contributed by atoms with Crippen LogP contribution in [0.1, 0.15) is 41.5 Å². The normalized spacial score (nSPS) is 10.1. The van der Waals surface area contributed by atoms with Crippen LogP contribution in [0.25, 0.3) is 0 Å². The second-order valence-corrected chi connectivity index (χ2v) is 2.57. The van der Waals surface area contributed by atoms with Crippen LogP contribution in [-0.4, -0.2) is 23.1 Å². The van der Waals surface area contributed by atoms with E-state index < -0.39 is 18.0 Å². The van der Waals surface area contributed by atoms with Crippen LogP contribution in [0.15, 0.2) is 0 Å². The van der Waals surface area contributed by atoms with Crippen molar-refractivity contribution in [3.63, 3.8) is 0 Å². The molecule has 0 bridgehead atoms. The van der Waals surface area contributed by atoms with E-state index in [2.05, 4.69) is 0 Å². The lowest BCUT2D eigenvalue weighted by molar-refractivity contribution is -0.120. The van der Waals surface area contributed by atoms with E-state index in [-0.39, 0.29) is 5.92 Å². The predicted octanol–water partition coefficient (Wildman–Crippen LogP) is 1.82. The Kier molecular flexibility index (Phi) is 16.4. The molecule has 0 saturated heterocycles. The Balaban J connectivity index is -0.000000318. The molecule has 0 spiro atoms. The lowest BCUT2D eigenvalue weighted by Crippen LogP contribution is -2.47. The van der Waals surface area contributed by atoms with Crippen LogP contribution in [0.3, 0.4) is 0 Å². The van der Waals surface area contributed by atoms with Gasteiger partial charge in [0.05, 0.1) is 0 Å². The summed E-state index contributed by atoms with van der Waals surface area (Å²) < 4.78 is 0. The number of nitrogens with one attached hydrogen (secondary N) is 1. The minimum atomic E-state index is -1.23. The van der Waals surface area contributed by atoms with Crippen molar-refractivity contribution in [1.82, 2.24) is 5.32 Å². The standard InChI is InChI=1S/C6H12N2O3.2C2H6/c1-3(2)4(5(7)9)8-6(10)11;2*1-2/h3-4,8H,1-2H3,(H2,7,9)(H,10,11);2*1-2H3. The van der Waals surface area contributed by atoms with Crippen LogP contribution in [-0.2, 0) is 4.79 Å². The fraction of sp³-hybridized carbons (Fsp3) is 0.800. The number of amides is 2. The van der Waals surface area contributed by atoms with Gasteiger partial charge in [-0.2, -0.15) is 0 Å². The zero-order valence-electron chi connectivity index (χ0n) is 10.5. The third-order valence-corrected chi connectivity index (χ3v) is 1.25. The molecule has 0 rings (SSSR count). The fourth-order valence-electron chi connectivity index (χ4n) is 0.699. The van der Waals surface area contributed by atoms with Gasteiger partial charge in [0.2, 0.25) is 5.91 Å². The number of carbonyl (C=O) groups is 2. The van der Waals surface area contributed by atoms with Crippen LogP contribution < -0.4 is 11.1 Å². The van der Waals surface area contributed by atoms with Gasteiger partial charge in [0.15, 0.2) is 0 Å². The number of hydrogen-bond donors (Lipinski definition) is 3. The SMILES string of the molecule is CC.CC.CC(C)C(NC(=O)O)C(N)=O. The van der Waals surface area contributed by atoms with Crippen molar-refractivity contribution in [1.29, 1.82) is 0 Å². The summed E-state index contributed by atoms with van der Waals surface area (Å²) in [5, 5.41) is 10.3. The third-order valence-electron chi connectivity index (χ3n) is 1.25. The summed E-state index contributed by atoms with van der Waals surface area (Å²) in [6, 6.07) is -0.799. The van der Waals surface area contributed by atoms with Crippen LogP contribution in [0.5, 0.6) is 0 Å². The number of carbonyl (C=O) groups excluding carboxylic acids is 1. The summed E-state index contributed by atoms with van der Waals surface area (Å²) in [7, 11) is 0. The molecule has 15 heavy (non-hydrogen) atoms. The first-order chi connectivity index (χ1) is 6.95. The Morgan fingerprint density at radius 3 is 1.53 bits per heavy atom. The maximum absolute atomic E-state index is 10.6. The summed E-state index contributed by atoms with van der Waals surface area (Å²) in [4.78, 5) is 20.7. The molecule has 0 fully saturated rings. The van der Waals surface area contributed by atoms with Gasteiger partial charge in [0.25, 0.3) is 0 Å². The lowest BCUT2D eigenvalue weighted by atomic mass is 10.0. The van der Waals surface area contributed by atoms with E-state index >= 15 is 0 Å². The highest BCUT2D eigenvalue weighted by Crippen LogP contribution is 1.99. The summed E-state index contributed by atoms with van der Waals surface area (Å²) in [6.45, 7) is 11.4. The molecule has 0 saturated carbocycles. The highest BCUT2D eigenvalue weighted by atomic mass is 16.4. The molecule has 0 aliphatic heterocycles. The summed E-state index contributed by atoms with van der Waals surface area (Å²) in [5.74, 6) is -0.772. The van der Waals surface area contributed by atoms with Gasteiger partial charge in [-0.3, -0.25) is 4.79 Å². The second-order valence-electron chi connectivity index (χ2n) is 2.57. The van der Waals surface area contributed by atoms with Gasteiger partial charge >= 0.3 is 6.09 Å². The molecular weight excluding hydrogens is 196 g/mol. The van der Waals surface area contributed by atoms with Crippen LogP contribution in [0.2, 0.25) is 0 Å². The molecule has 0 radical (unpaired) electrons. The fourth-order valence-corrected chi connectivity index (χ4v) is 0.699. The first-order valence-corrected chi connectivity index (χ1v) is 5.24. The number of primary amides is 1. The van der Waals surface area contributed by atoms with Gasteiger partial charge in [0, 0.05) is 0 Å². The minimum absolute atomic E-state index is 0.122. The van der Waals surface area contributed by atoms with Gasteiger partial charge in [-0.15, -0.1) is 0 Å². The molecule has 0 aliphatic rings. The molecule has 0 aromatic rings. The predicted molar refractivity (Wildman–Crippen MR) is 61.7 cm³/mol. The van der Waals surface area contributed by atoms with E-state index in [1.165, 1.54) is 0 Å². The zero-order chi connectivity index (χ0) is 13.0. The van der Waals surface area contributed by atoms with Crippen molar-refractivity contribution >= 4 is 12.0 Å². The highest BCUT2D eigenvalue weighted by Gasteiger charge is 2.20. The maximum Gasteiger partial charge on any atom is 0.405 e. The van der Waals surface area contributed by atoms with Crippen molar-refractivity contribution in [2.75, 3.05) is 0 Å². The minimum Gasteiger partial charge on any atom is -0.465 e. The van der Waals surface area contributed by atoms with Gasteiger partial charge in [-0.1, -0.05) is 41.5 Å². The Hall–Kier alpha value is -1.26. The van der Waals surface area contributed by atoms with E-state index in [0.29, 0.717) is 0 Å². The van der Waals surface area contributed by atoms with E-state index in [4.69, 9.17) is 10.8 Å². The molecule has 1 unspecified atom stereocenters. The summed E-state index contributed by atoms with van der Waals surface area (Å²) in [6.07, 6.45) is -1.23. The molecule has 1 atom stereocenters.